The number of rotatable bonds is 7. The molecule has 1 N–H and O–H groups in total. The minimum Gasteiger partial charge on any atom is -0.497 e. The zero-order valence-electron chi connectivity index (χ0n) is 12.8. The second kappa shape index (κ2) is 7.03. The van der Waals surface area contributed by atoms with Crippen molar-refractivity contribution in [2.24, 2.45) is 0 Å². The van der Waals surface area contributed by atoms with Crippen molar-refractivity contribution in [2.75, 3.05) is 20.8 Å². The van der Waals surface area contributed by atoms with Crippen LogP contribution in [-0.2, 0) is 0 Å². The molecule has 0 aliphatic carbocycles. The summed E-state index contributed by atoms with van der Waals surface area (Å²) in [5, 5.41) is 15.3. The Hall–Kier alpha value is -2.15. The van der Waals surface area contributed by atoms with E-state index < -0.39 is 0 Å². The van der Waals surface area contributed by atoms with Crippen molar-refractivity contribution < 1.29 is 9.47 Å². The lowest BCUT2D eigenvalue weighted by Crippen LogP contribution is -2.22. The third-order valence-corrected chi connectivity index (χ3v) is 3.20. The van der Waals surface area contributed by atoms with Gasteiger partial charge in [0.05, 0.1) is 20.3 Å². The van der Waals surface area contributed by atoms with Crippen molar-refractivity contribution in [3.63, 3.8) is 0 Å². The van der Waals surface area contributed by atoms with Gasteiger partial charge in [0.15, 0.2) is 5.82 Å². The number of benzene rings is 1. The van der Waals surface area contributed by atoms with E-state index >= 15 is 0 Å². The molecule has 0 saturated heterocycles. The fraction of sp³-hybridized carbons (Fsp3) is 0.500. The lowest BCUT2D eigenvalue weighted by atomic mass is 10.2. The lowest BCUT2D eigenvalue weighted by molar-refractivity contribution is 0.391. The number of hydrogen-bond acceptors (Lipinski definition) is 6. The largest absolute Gasteiger partial charge is 0.497 e. The summed E-state index contributed by atoms with van der Waals surface area (Å²) >= 11 is 0. The normalized spacial score (nSPS) is 12.2. The molecule has 1 unspecified atom stereocenters. The average Bonchev–Trinajstić information content (AvgIpc) is 3.01. The molecule has 2 rings (SSSR count). The zero-order valence-corrected chi connectivity index (χ0v) is 12.8. The zero-order chi connectivity index (χ0) is 15.2. The molecule has 1 aromatic heterocycles. The molecule has 0 aliphatic rings. The maximum atomic E-state index is 5.41. The van der Waals surface area contributed by atoms with Gasteiger partial charge in [-0.1, -0.05) is 6.92 Å². The molecular formula is C14H21N5O2. The van der Waals surface area contributed by atoms with Crippen molar-refractivity contribution in [1.29, 1.82) is 0 Å². The van der Waals surface area contributed by atoms with Crippen molar-refractivity contribution >= 4 is 0 Å². The lowest BCUT2D eigenvalue weighted by Gasteiger charge is -2.15. The van der Waals surface area contributed by atoms with Gasteiger partial charge in [-0.2, -0.15) is 4.68 Å². The fourth-order valence-corrected chi connectivity index (χ4v) is 2.05. The Labute approximate surface area is 124 Å². The molecule has 0 saturated carbocycles. The van der Waals surface area contributed by atoms with E-state index in [2.05, 4.69) is 27.8 Å². The first-order chi connectivity index (χ1) is 10.2. The molecule has 114 valence electrons. The predicted molar refractivity (Wildman–Crippen MR) is 79.0 cm³/mol. The third kappa shape index (κ3) is 3.30. The second-order valence-electron chi connectivity index (χ2n) is 4.66. The summed E-state index contributed by atoms with van der Waals surface area (Å²) in [6.07, 6.45) is 1.05. The Morgan fingerprint density at radius 1 is 1.29 bits per heavy atom. The van der Waals surface area contributed by atoms with Gasteiger partial charge in [0.2, 0.25) is 0 Å². The van der Waals surface area contributed by atoms with Crippen LogP contribution in [0.4, 0.5) is 0 Å². The molecule has 21 heavy (non-hydrogen) atoms. The van der Waals surface area contributed by atoms with E-state index in [1.165, 1.54) is 0 Å². The van der Waals surface area contributed by atoms with Crippen LogP contribution >= 0.6 is 0 Å². The first-order valence-electron chi connectivity index (χ1n) is 6.95. The molecule has 2 aromatic rings. The number of methoxy groups -OCH3 is 2. The molecule has 0 aliphatic heterocycles. The number of tetrazole rings is 1. The van der Waals surface area contributed by atoms with Crippen LogP contribution in [0.15, 0.2) is 18.2 Å². The maximum Gasteiger partial charge on any atom is 0.173 e. The first-order valence-corrected chi connectivity index (χ1v) is 6.95. The van der Waals surface area contributed by atoms with Gasteiger partial charge in [0, 0.05) is 6.07 Å². The highest BCUT2D eigenvalue weighted by Crippen LogP contribution is 2.28. The van der Waals surface area contributed by atoms with Gasteiger partial charge in [0.25, 0.3) is 0 Å². The van der Waals surface area contributed by atoms with Gasteiger partial charge in [-0.15, -0.1) is 5.10 Å². The minimum absolute atomic E-state index is 0.0479. The number of hydrogen-bond donors (Lipinski definition) is 1. The Morgan fingerprint density at radius 3 is 2.76 bits per heavy atom. The predicted octanol–water partition coefficient (Wildman–Crippen LogP) is 1.74. The van der Waals surface area contributed by atoms with Gasteiger partial charge >= 0.3 is 0 Å². The van der Waals surface area contributed by atoms with Crippen molar-refractivity contribution in [3.05, 3.63) is 24.0 Å². The molecule has 1 atom stereocenters. The SMILES string of the molecule is CCCNC(C)c1nnnn1-c1ccc(OC)cc1OC. The first kappa shape index (κ1) is 15.2. The summed E-state index contributed by atoms with van der Waals surface area (Å²) in [5.74, 6) is 2.12. The quantitative estimate of drug-likeness (QED) is 0.837. The van der Waals surface area contributed by atoms with Crippen LogP contribution in [0.5, 0.6) is 11.5 Å². The van der Waals surface area contributed by atoms with Crippen LogP contribution in [0, 0.1) is 0 Å². The highest BCUT2D eigenvalue weighted by atomic mass is 16.5. The van der Waals surface area contributed by atoms with Crippen LogP contribution in [0.2, 0.25) is 0 Å². The molecule has 1 heterocycles. The topological polar surface area (TPSA) is 74.1 Å². The van der Waals surface area contributed by atoms with Crippen molar-refractivity contribution in [1.82, 2.24) is 25.5 Å². The third-order valence-electron chi connectivity index (χ3n) is 3.20. The van der Waals surface area contributed by atoms with Crippen LogP contribution in [0.1, 0.15) is 32.1 Å². The van der Waals surface area contributed by atoms with Crippen molar-refractivity contribution in [3.8, 4) is 17.2 Å². The maximum absolute atomic E-state index is 5.41. The monoisotopic (exact) mass is 291 g/mol. The van der Waals surface area contributed by atoms with E-state index in [9.17, 15) is 0 Å². The number of ether oxygens (including phenoxy) is 2. The Kier molecular flexibility index (Phi) is 5.10. The molecular weight excluding hydrogens is 270 g/mol. The highest BCUT2D eigenvalue weighted by Gasteiger charge is 2.18. The summed E-state index contributed by atoms with van der Waals surface area (Å²) in [6.45, 7) is 5.07. The number of nitrogens with zero attached hydrogens (tertiary/aromatic N) is 4. The van der Waals surface area contributed by atoms with Gasteiger partial charge in [-0.05, 0) is 42.4 Å². The minimum atomic E-state index is 0.0479. The van der Waals surface area contributed by atoms with Crippen LogP contribution in [0.25, 0.3) is 5.69 Å². The Balaban J connectivity index is 2.36. The summed E-state index contributed by atoms with van der Waals surface area (Å²) in [6, 6.07) is 5.59. The molecule has 7 nitrogen and oxygen atoms in total. The van der Waals surface area contributed by atoms with Crippen LogP contribution in [-0.4, -0.2) is 41.0 Å². The van der Waals surface area contributed by atoms with Gasteiger partial charge in [0.1, 0.15) is 17.2 Å². The van der Waals surface area contributed by atoms with Crippen LogP contribution in [0.3, 0.4) is 0 Å². The van der Waals surface area contributed by atoms with E-state index in [0.29, 0.717) is 5.75 Å². The number of nitrogens with one attached hydrogen (secondary N) is 1. The van der Waals surface area contributed by atoms with E-state index in [1.807, 2.05) is 25.1 Å². The average molecular weight is 291 g/mol. The summed E-state index contributed by atoms with van der Waals surface area (Å²) < 4.78 is 12.3. The van der Waals surface area contributed by atoms with E-state index in [-0.39, 0.29) is 6.04 Å². The van der Waals surface area contributed by atoms with Gasteiger partial charge in [-0.3, -0.25) is 0 Å². The second-order valence-corrected chi connectivity index (χ2v) is 4.66. The molecule has 0 amide bonds. The molecule has 0 radical (unpaired) electrons. The summed E-state index contributed by atoms with van der Waals surface area (Å²) in [7, 11) is 3.23. The Morgan fingerprint density at radius 2 is 2.10 bits per heavy atom. The van der Waals surface area contributed by atoms with Crippen LogP contribution < -0.4 is 14.8 Å². The Bertz CT molecular complexity index is 584. The molecule has 7 heteroatoms. The standard InChI is InChI=1S/C14H21N5O2/c1-5-8-15-10(2)14-16-17-18-19(14)12-7-6-11(20-3)9-13(12)21-4/h6-7,9-10,15H,5,8H2,1-4H3. The summed E-state index contributed by atoms with van der Waals surface area (Å²) in [4.78, 5) is 0. The molecule has 0 bridgehead atoms. The smallest absolute Gasteiger partial charge is 0.173 e. The van der Waals surface area contributed by atoms with E-state index in [0.717, 1.165) is 30.2 Å². The molecule has 0 fully saturated rings. The molecule has 0 spiro atoms. The van der Waals surface area contributed by atoms with E-state index in [4.69, 9.17) is 9.47 Å². The highest BCUT2D eigenvalue weighted by molar-refractivity contribution is 5.50. The molecule has 1 aromatic carbocycles. The van der Waals surface area contributed by atoms with Crippen molar-refractivity contribution in [2.45, 2.75) is 26.3 Å². The summed E-state index contributed by atoms with van der Waals surface area (Å²) in [5.41, 5.74) is 0.781. The van der Waals surface area contributed by atoms with Gasteiger partial charge in [-0.25, -0.2) is 0 Å². The fourth-order valence-electron chi connectivity index (χ4n) is 2.05. The number of aromatic nitrogens is 4. The van der Waals surface area contributed by atoms with Gasteiger partial charge < -0.3 is 14.8 Å². The van der Waals surface area contributed by atoms with E-state index in [1.54, 1.807) is 18.9 Å².